The van der Waals surface area contributed by atoms with Crippen LogP contribution in [0.25, 0.3) is 0 Å². The van der Waals surface area contributed by atoms with Gasteiger partial charge < -0.3 is 25.1 Å². The lowest BCUT2D eigenvalue weighted by Crippen LogP contribution is -2.38. The predicted molar refractivity (Wildman–Crippen MR) is 66.9 cm³/mol. The van der Waals surface area contributed by atoms with Crippen LogP contribution >= 0.6 is 46.7 Å². The number of hydrogen-bond donors (Lipinski definition) is 5. The Kier molecular flexibility index (Phi) is 10.8. The maximum atomic E-state index is 10.3. The summed E-state index contributed by atoms with van der Waals surface area (Å²) in [6.45, 7) is -2.49. The van der Waals surface area contributed by atoms with E-state index in [4.69, 9.17) is 25.1 Å². The van der Waals surface area contributed by atoms with Gasteiger partial charge in [-0.2, -0.15) is 0 Å². The van der Waals surface area contributed by atoms with E-state index in [1.807, 2.05) is 0 Å². The first-order valence-corrected chi connectivity index (χ1v) is 10.1. The Bertz CT molecular complexity index is 293. The fraction of sp³-hybridized carbons (Fsp3) is 1.00. The molecule has 8 nitrogen and oxygen atoms in total. The van der Waals surface area contributed by atoms with E-state index in [-0.39, 0.29) is 0 Å². The Morgan fingerprint density at radius 2 is 1.22 bits per heavy atom. The highest BCUT2D eigenvalue weighted by Crippen LogP contribution is 2.61. The van der Waals surface area contributed by atoms with E-state index in [0.717, 1.165) is 0 Å². The summed E-state index contributed by atoms with van der Waals surface area (Å²) in [6, 6.07) is 0. The highest BCUT2D eigenvalue weighted by molar-refractivity contribution is 8.24. The van der Waals surface area contributed by atoms with Gasteiger partial charge in [0.1, 0.15) is 0 Å². The van der Waals surface area contributed by atoms with Crippen LogP contribution in [0.15, 0.2) is 0 Å². The predicted octanol–water partition coefficient (Wildman–Crippen LogP) is 0.870. The second-order valence-corrected chi connectivity index (χ2v) is 11.0. The van der Waals surface area contributed by atoms with Crippen molar-refractivity contribution in [2.75, 3.05) is 26.4 Å². The molecule has 13 heteroatoms. The van der Waals surface area contributed by atoms with Crippen molar-refractivity contribution in [3.05, 3.63) is 0 Å². The van der Waals surface area contributed by atoms with E-state index in [1.54, 1.807) is 0 Å². The maximum Gasteiger partial charge on any atom is 0.469 e. The normalized spacial score (nSPS) is 12.9. The second-order valence-electron chi connectivity index (χ2n) is 3.14. The van der Waals surface area contributed by atoms with Crippen molar-refractivity contribution in [3.8, 4) is 0 Å². The average Bonchev–Trinajstić information content (AvgIpc) is 2.17. The van der Waals surface area contributed by atoms with Crippen molar-refractivity contribution >= 4 is 46.7 Å². The Hall–Kier alpha value is 1.09. The van der Waals surface area contributed by atoms with Crippen molar-refractivity contribution < 1.29 is 38.8 Å². The first-order valence-electron chi connectivity index (χ1n) is 4.11. The molecule has 0 heterocycles. The van der Waals surface area contributed by atoms with Crippen molar-refractivity contribution in [1.29, 1.82) is 0 Å². The molecule has 5 N–H and O–H groups in total. The summed E-state index contributed by atoms with van der Waals surface area (Å²) in [5.74, 6) is 0. The zero-order valence-electron chi connectivity index (χ0n) is 8.82. The minimum Gasteiger partial charge on any atom is -0.396 e. The molecule has 0 rings (SSSR count). The van der Waals surface area contributed by atoms with Gasteiger partial charge in [0.25, 0.3) is 0 Å². The summed E-state index contributed by atoms with van der Waals surface area (Å²) in [5, 5.41) is 22.9. The second kappa shape index (κ2) is 9.10. The summed E-state index contributed by atoms with van der Waals surface area (Å²) < 4.78 is 23.8. The van der Waals surface area contributed by atoms with E-state index in [9.17, 15) is 9.13 Å². The Labute approximate surface area is 117 Å². The van der Waals surface area contributed by atoms with Gasteiger partial charge in [0.05, 0.1) is 31.8 Å². The van der Waals surface area contributed by atoms with E-state index in [0.29, 0.717) is 0 Å². The molecular formula is C5H13Cl3O8P2. The SMILES string of the molecule is O=P(Cl)(Cl)Cl.O=P(O)(O)OCC(CO)(CO)CO. The van der Waals surface area contributed by atoms with E-state index in [2.05, 4.69) is 38.2 Å². The van der Waals surface area contributed by atoms with Crippen molar-refractivity contribution in [1.82, 2.24) is 0 Å². The lowest BCUT2D eigenvalue weighted by Gasteiger charge is -2.26. The van der Waals surface area contributed by atoms with Gasteiger partial charge in [0.15, 0.2) is 0 Å². The number of hydrogen-bond acceptors (Lipinski definition) is 6. The van der Waals surface area contributed by atoms with Crippen LogP contribution in [0.1, 0.15) is 0 Å². The van der Waals surface area contributed by atoms with Crippen molar-refractivity contribution in [2.24, 2.45) is 5.41 Å². The van der Waals surface area contributed by atoms with E-state index >= 15 is 0 Å². The zero-order chi connectivity index (χ0) is 15.0. The number of aliphatic hydroxyl groups excluding tert-OH is 3. The highest BCUT2D eigenvalue weighted by atomic mass is 36.0. The highest BCUT2D eigenvalue weighted by Gasteiger charge is 2.31. The maximum absolute atomic E-state index is 10.3. The third kappa shape index (κ3) is 15.1. The number of phosphoric acid groups is 1. The lowest BCUT2D eigenvalue weighted by molar-refractivity contribution is -0.0318. The van der Waals surface area contributed by atoms with Crippen molar-refractivity contribution in [2.45, 2.75) is 0 Å². The molecule has 0 aliphatic rings. The minimum atomic E-state index is -4.64. The first kappa shape index (κ1) is 21.4. The summed E-state index contributed by atoms with van der Waals surface area (Å²) in [6.07, 6.45) is 0. The van der Waals surface area contributed by atoms with Gasteiger partial charge in [0.2, 0.25) is 0 Å². The van der Waals surface area contributed by atoms with Crippen LogP contribution in [0.3, 0.4) is 0 Å². The number of rotatable bonds is 6. The van der Waals surface area contributed by atoms with Crippen LogP contribution in [0.4, 0.5) is 0 Å². The van der Waals surface area contributed by atoms with Gasteiger partial charge in [-0.1, -0.05) is 0 Å². The number of halogens is 3. The molecule has 0 aromatic carbocycles. The third-order valence-electron chi connectivity index (χ3n) is 1.55. The lowest BCUT2D eigenvalue weighted by atomic mass is 9.93. The molecule has 0 aliphatic carbocycles. The average molecular weight is 369 g/mol. The van der Waals surface area contributed by atoms with Crippen molar-refractivity contribution in [3.63, 3.8) is 0 Å². The third-order valence-corrected chi connectivity index (χ3v) is 2.01. The minimum absolute atomic E-state index is 0.610. The topological polar surface area (TPSA) is 145 Å². The van der Waals surface area contributed by atoms with Gasteiger partial charge in [-0.15, -0.1) is 0 Å². The first-order chi connectivity index (χ1) is 7.89. The molecule has 0 aromatic heterocycles. The smallest absolute Gasteiger partial charge is 0.396 e. The van der Waals surface area contributed by atoms with Crippen LogP contribution < -0.4 is 0 Å². The molecule has 0 fully saturated rings. The number of aliphatic hydroxyl groups is 3. The molecular weight excluding hydrogens is 356 g/mol. The van der Waals surface area contributed by atoms with E-state index in [1.165, 1.54) is 0 Å². The van der Waals surface area contributed by atoms with Gasteiger partial charge >= 0.3 is 13.0 Å². The monoisotopic (exact) mass is 368 g/mol. The summed E-state index contributed by atoms with van der Waals surface area (Å²) >= 11 is 13.8. The molecule has 0 atom stereocenters. The number of phosphoric ester groups is 1. The Morgan fingerprint density at radius 1 is 0.944 bits per heavy atom. The Balaban J connectivity index is 0. The fourth-order valence-electron chi connectivity index (χ4n) is 0.508. The molecule has 0 aromatic rings. The van der Waals surface area contributed by atoms with Gasteiger partial charge in [-0.05, 0) is 33.7 Å². The van der Waals surface area contributed by atoms with Gasteiger partial charge in [-0.3, -0.25) is 9.09 Å². The van der Waals surface area contributed by atoms with Crippen LogP contribution in [0.2, 0.25) is 0 Å². The standard InChI is InChI=1S/C5H13O7P.Cl3OP/c6-1-5(2-7,3-8)4-12-13(9,10)11;1-5(2,3)4/h6-8H,1-4H2,(H2,9,10,11);. The van der Waals surface area contributed by atoms with Gasteiger partial charge in [-0.25, -0.2) is 4.57 Å². The van der Waals surface area contributed by atoms with Crippen LogP contribution in [0.5, 0.6) is 0 Å². The molecule has 0 spiro atoms. The molecule has 0 saturated carbocycles. The van der Waals surface area contributed by atoms with Gasteiger partial charge in [0, 0.05) is 0 Å². The quantitative estimate of drug-likeness (QED) is 0.434. The van der Waals surface area contributed by atoms with Crippen LogP contribution in [-0.4, -0.2) is 51.5 Å². The molecule has 0 saturated heterocycles. The van der Waals surface area contributed by atoms with E-state index < -0.39 is 44.9 Å². The zero-order valence-corrected chi connectivity index (χ0v) is 12.9. The van der Waals surface area contributed by atoms with Crippen LogP contribution in [0, 0.1) is 5.41 Å². The summed E-state index contributed by atoms with van der Waals surface area (Å²) in [5.41, 5.74) is -1.42. The molecule has 0 unspecified atom stereocenters. The summed E-state index contributed by atoms with van der Waals surface area (Å²) in [7, 11) is -4.64. The van der Waals surface area contributed by atoms with Crippen LogP contribution in [-0.2, 0) is 13.7 Å². The molecule has 0 bridgehead atoms. The fourth-order valence-corrected chi connectivity index (χ4v) is 0.950. The summed E-state index contributed by atoms with van der Waals surface area (Å²) in [4.78, 5) is 16.6. The Morgan fingerprint density at radius 3 is 1.39 bits per heavy atom. The molecule has 112 valence electrons. The largest absolute Gasteiger partial charge is 0.469 e. The molecule has 0 amide bonds. The molecule has 0 aliphatic heterocycles. The molecule has 18 heavy (non-hydrogen) atoms. The molecule has 0 radical (unpaired) electrons.